The number of rotatable bonds is 2. The highest BCUT2D eigenvalue weighted by Crippen LogP contribution is 2.33. The third-order valence-electron chi connectivity index (χ3n) is 3.54. The molecule has 1 aliphatic rings. The molecule has 1 saturated carbocycles. The second kappa shape index (κ2) is 6.88. The molecule has 1 aromatic carbocycles. The fourth-order valence-corrected chi connectivity index (χ4v) is 2.95. The van der Waals surface area contributed by atoms with Crippen LogP contribution in [0.25, 0.3) is 0 Å². The zero-order valence-corrected chi connectivity index (χ0v) is 13.4. The summed E-state index contributed by atoms with van der Waals surface area (Å²) in [6, 6.07) is 3.00. The van der Waals surface area contributed by atoms with Crippen molar-refractivity contribution in [3.63, 3.8) is 0 Å². The molecule has 0 unspecified atom stereocenters. The fraction of sp³-hybridized carbons (Fsp3) is 0.500. The Morgan fingerprint density at radius 1 is 1.15 bits per heavy atom. The number of carbonyl (C=O) groups excluding carboxylic acids is 1. The Labute approximate surface area is 133 Å². The lowest BCUT2D eigenvalue weighted by Gasteiger charge is -2.28. The van der Waals surface area contributed by atoms with Crippen molar-refractivity contribution in [1.82, 2.24) is 0 Å². The standard InChI is InChI=1S/C14H16Cl3NO2/c1-8-4-2-3-5-13(8)20-14(19)18-12-7-10(16)9(15)6-11(12)17/h6-8,13H,2-5H2,1H3,(H,18,19)/t8-,13+/m1/s1. The Bertz CT molecular complexity index is 507. The third kappa shape index (κ3) is 3.94. The number of amides is 1. The van der Waals surface area contributed by atoms with Gasteiger partial charge >= 0.3 is 6.09 Å². The zero-order valence-electron chi connectivity index (χ0n) is 11.1. The van der Waals surface area contributed by atoms with Gasteiger partial charge in [-0.1, -0.05) is 48.1 Å². The van der Waals surface area contributed by atoms with Gasteiger partial charge in [0, 0.05) is 0 Å². The lowest BCUT2D eigenvalue weighted by Crippen LogP contribution is -2.30. The largest absolute Gasteiger partial charge is 0.446 e. The van der Waals surface area contributed by atoms with Crippen LogP contribution >= 0.6 is 34.8 Å². The summed E-state index contributed by atoms with van der Waals surface area (Å²) in [7, 11) is 0. The van der Waals surface area contributed by atoms with Crippen molar-refractivity contribution in [3.8, 4) is 0 Å². The van der Waals surface area contributed by atoms with E-state index in [9.17, 15) is 4.79 Å². The lowest BCUT2D eigenvalue weighted by atomic mass is 9.88. The SMILES string of the molecule is C[C@@H]1CCCC[C@@H]1OC(=O)Nc1cc(Cl)c(Cl)cc1Cl. The molecule has 0 aliphatic heterocycles. The van der Waals surface area contributed by atoms with E-state index in [0.717, 1.165) is 19.3 Å². The minimum Gasteiger partial charge on any atom is -0.446 e. The molecule has 0 saturated heterocycles. The van der Waals surface area contributed by atoms with Gasteiger partial charge in [0.05, 0.1) is 20.8 Å². The summed E-state index contributed by atoms with van der Waals surface area (Å²) in [6.07, 6.45) is 3.74. The average molecular weight is 337 g/mol. The minimum atomic E-state index is -0.510. The second-order valence-corrected chi connectivity index (χ2v) is 6.30. The minimum absolute atomic E-state index is 0.0368. The molecular weight excluding hydrogens is 321 g/mol. The van der Waals surface area contributed by atoms with Crippen LogP contribution in [-0.2, 0) is 4.74 Å². The van der Waals surface area contributed by atoms with Crippen LogP contribution in [0.5, 0.6) is 0 Å². The van der Waals surface area contributed by atoms with Gasteiger partial charge in [0.15, 0.2) is 0 Å². The Hall–Kier alpha value is -0.640. The highest BCUT2D eigenvalue weighted by molar-refractivity contribution is 6.44. The summed E-state index contributed by atoms with van der Waals surface area (Å²) in [5.41, 5.74) is 0.398. The van der Waals surface area contributed by atoms with Gasteiger partial charge in [-0.3, -0.25) is 5.32 Å². The molecule has 6 heteroatoms. The highest BCUT2D eigenvalue weighted by Gasteiger charge is 2.25. The molecule has 110 valence electrons. The van der Waals surface area contributed by atoms with Gasteiger partial charge in [-0.2, -0.15) is 0 Å². The van der Waals surface area contributed by atoms with Crippen molar-refractivity contribution in [1.29, 1.82) is 0 Å². The lowest BCUT2D eigenvalue weighted by molar-refractivity contribution is 0.0524. The maximum absolute atomic E-state index is 11.9. The summed E-state index contributed by atoms with van der Waals surface area (Å²) >= 11 is 17.7. The molecule has 1 aliphatic carbocycles. The molecule has 3 nitrogen and oxygen atoms in total. The molecule has 2 rings (SSSR count). The van der Waals surface area contributed by atoms with E-state index in [1.807, 2.05) is 0 Å². The van der Waals surface area contributed by atoms with E-state index in [4.69, 9.17) is 39.5 Å². The second-order valence-electron chi connectivity index (χ2n) is 5.08. The van der Waals surface area contributed by atoms with E-state index >= 15 is 0 Å². The average Bonchev–Trinajstić information content (AvgIpc) is 2.39. The number of anilines is 1. The fourth-order valence-electron chi connectivity index (χ4n) is 2.35. The van der Waals surface area contributed by atoms with Crippen LogP contribution in [0.15, 0.2) is 12.1 Å². The molecular formula is C14H16Cl3NO2. The maximum Gasteiger partial charge on any atom is 0.411 e. The van der Waals surface area contributed by atoms with Gasteiger partial charge < -0.3 is 4.74 Å². The summed E-state index contributed by atoms with van der Waals surface area (Å²) < 4.78 is 5.45. The van der Waals surface area contributed by atoms with Gasteiger partial charge in [-0.25, -0.2) is 4.79 Å². The van der Waals surface area contributed by atoms with Gasteiger partial charge in [-0.05, 0) is 37.3 Å². The van der Waals surface area contributed by atoms with Crippen molar-refractivity contribution >= 4 is 46.6 Å². The van der Waals surface area contributed by atoms with Crippen molar-refractivity contribution < 1.29 is 9.53 Å². The van der Waals surface area contributed by atoms with Gasteiger partial charge in [0.1, 0.15) is 6.10 Å². The molecule has 1 fully saturated rings. The number of carbonyl (C=O) groups is 1. The third-order valence-corrected chi connectivity index (χ3v) is 4.57. The number of ether oxygens (including phenoxy) is 1. The van der Waals surface area contributed by atoms with Crippen molar-refractivity contribution in [3.05, 3.63) is 27.2 Å². The van der Waals surface area contributed by atoms with Crippen LogP contribution in [0.1, 0.15) is 32.6 Å². The van der Waals surface area contributed by atoms with E-state index in [1.165, 1.54) is 18.6 Å². The molecule has 1 aromatic rings. The van der Waals surface area contributed by atoms with E-state index in [2.05, 4.69) is 12.2 Å². The number of hydrogen-bond acceptors (Lipinski definition) is 2. The Kier molecular flexibility index (Phi) is 5.42. The summed E-state index contributed by atoms with van der Waals surface area (Å²) in [5.74, 6) is 0.388. The molecule has 0 aromatic heterocycles. The van der Waals surface area contributed by atoms with Crippen LogP contribution in [0.3, 0.4) is 0 Å². The van der Waals surface area contributed by atoms with Crippen molar-refractivity contribution in [2.24, 2.45) is 5.92 Å². The van der Waals surface area contributed by atoms with E-state index < -0.39 is 6.09 Å². The van der Waals surface area contributed by atoms with Gasteiger partial charge in [0.2, 0.25) is 0 Å². The first-order valence-corrected chi connectivity index (χ1v) is 7.73. The predicted octanol–water partition coefficient (Wildman–Crippen LogP) is 5.77. The van der Waals surface area contributed by atoms with Gasteiger partial charge in [0.25, 0.3) is 0 Å². The first kappa shape index (κ1) is 15.7. The van der Waals surface area contributed by atoms with E-state index in [-0.39, 0.29) is 6.10 Å². The molecule has 20 heavy (non-hydrogen) atoms. The molecule has 0 heterocycles. The Morgan fingerprint density at radius 2 is 1.80 bits per heavy atom. The van der Waals surface area contributed by atoms with Crippen LogP contribution in [0, 0.1) is 5.92 Å². The number of halogens is 3. The van der Waals surface area contributed by atoms with Gasteiger partial charge in [-0.15, -0.1) is 0 Å². The molecule has 0 bridgehead atoms. The van der Waals surface area contributed by atoms with Crippen LogP contribution in [0.2, 0.25) is 15.1 Å². The highest BCUT2D eigenvalue weighted by atomic mass is 35.5. The molecule has 1 N–H and O–H groups in total. The number of benzene rings is 1. The molecule has 1 amide bonds. The zero-order chi connectivity index (χ0) is 14.7. The monoisotopic (exact) mass is 335 g/mol. The Balaban J connectivity index is 1.99. The first-order chi connectivity index (χ1) is 9.47. The number of hydrogen-bond donors (Lipinski definition) is 1. The summed E-state index contributed by atoms with van der Waals surface area (Å²) in [6.45, 7) is 2.10. The molecule has 2 atom stereocenters. The normalized spacial score (nSPS) is 22.4. The van der Waals surface area contributed by atoms with Crippen LogP contribution in [0.4, 0.5) is 10.5 Å². The summed E-state index contributed by atoms with van der Waals surface area (Å²) in [4.78, 5) is 11.9. The van der Waals surface area contributed by atoms with Crippen molar-refractivity contribution in [2.75, 3.05) is 5.32 Å². The maximum atomic E-state index is 11.9. The summed E-state index contributed by atoms with van der Waals surface area (Å²) in [5, 5.41) is 3.61. The first-order valence-electron chi connectivity index (χ1n) is 6.59. The predicted molar refractivity (Wildman–Crippen MR) is 83.0 cm³/mol. The van der Waals surface area contributed by atoms with Crippen LogP contribution in [-0.4, -0.2) is 12.2 Å². The molecule has 0 radical (unpaired) electrons. The van der Waals surface area contributed by atoms with E-state index in [1.54, 1.807) is 0 Å². The topological polar surface area (TPSA) is 38.3 Å². The van der Waals surface area contributed by atoms with E-state index in [0.29, 0.717) is 26.7 Å². The molecule has 0 spiro atoms. The van der Waals surface area contributed by atoms with Crippen LogP contribution < -0.4 is 5.32 Å². The van der Waals surface area contributed by atoms with Crippen molar-refractivity contribution in [2.45, 2.75) is 38.7 Å². The number of nitrogens with one attached hydrogen (secondary N) is 1. The quantitative estimate of drug-likeness (QED) is 0.696. The Morgan fingerprint density at radius 3 is 2.50 bits per heavy atom. The smallest absolute Gasteiger partial charge is 0.411 e.